The van der Waals surface area contributed by atoms with E-state index in [0.29, 0.717) is 35.4 Å². The van der Waals surface area contributed by atoms with Crippen LogP contribution in [0.3, 0.4) is 0 Å². The quantitative estimate of drug-likeness (QED) is 0.529. The topological polar surface area (TPSA) is 80.1 Å². The molecule has 1 fully saturated rings. The van der Waals surface area contributed by atoms with Crippen LogP contribution in [0.1, 0.15) is 29.5 Å². The van der Waals surface area contributed by atoms with Gasteiger partial charge in [-0.05, 0) is 36.3 Å². The van der Waals surface area contributed by atoms with E-state index >= 15 is 0 Å². The monoisotopic (exact) mass is 461 g/mol. The third-order valence-corrected chi connectivity index (χ3v) is 4.71. The SMILES string of the molecule is CC/C(F)=C\C(=C/CBr)c1cc(C(=O)N2CCNC(=O)C2)nn1-c1cccnc1. The molecule has 1 saturated heterocycles. The first-order chi connectivity index (χ1) is 14.0. The Bertz CT molecular complexity index is 955. The summed E-state index contributed by atoms with van der Waals surface area (Å²) in [4.78, 5) is 30.1. The number of nitrogens with one attached hydrogen (secondary N) is 1. The molecule has 7 nitrogen and oxygen atoms in total. The standard InChI is InChI=1S/C20H21BrFN5O2/c1-2-15(22)10-14(5-6-21)18-11-17(20(29)26-9-8-24-19(28)13-26)25-27(18)16-4-3-7-23-12-16/h3-5,7,10-12H,2,6,8-9,13H2,1H3,(H,24,28)/b14-5+,15-10+. The summed E-state index contributed by atoms with van der Waals surface area (Å²) in [6.07, 6.45) is 6.76. The maximum absolute atomic E-state index is 14.1. The first-order valence-corrected chi connectivity index (χ1v) is 10.3. The third-order valence-electron chi connectivity index (χ3n) is 4.39. The van der Waals surface area contributed by atoms with Gasteiger partial charge in [0.25, 0.3) is 5.91 Å². The molecule has 2 aromatic heterocycles. The molecule has 2 amide bonds. The highest BCUT2D eigenvalue weighted by Crippen LogP contribution is 2.24. The van der Waals surface area contributed by atoms with E-state index in [9.17, 15) is 14.0 Å². The summed E-state index contributed by atoms with van der Waals surface area (Å²) in [5.41, 5.74) is 1.98. The van der Waals surface area contributed by atoms with Gasteiger partial charge in [0.15, 0.2) is 5.69 Å². The number of amides is 2. The number of halogens is 2. The zero-order chi connectivity index (χ0) is 20.8. The summed E-state index contributed by atoms with van der Waals surface area (Å²) in [5, 5.41) is 7.66. The lowest BCUT2D eigenvalue weighted by Crippen LogP contribution is -2.50. The van der Waals surface area contributed by atoms with Gasteiger partial charge >= 0.3 is 0 Å². The van der Waals surface area contributed by atoms with Crippen molar-refractivity contribution in [2.75, 3.05) is 25.0 Å². The van der Waals surface area contributed by atoms with Crippen LogP contribution in [-0.4, -0.2) is 56.4 Å². The number of allylic oxidation sites excluding steroid dienone is 4. The molecule has 1 aliphatic heterocycles. The van der Waals surface area contributed by atoms with Crippen molar-refractivity contribution in [2.24, 2.45) is 0 Å². The van der Waals surface area contributed by atoms with Gasteiger partial charge in [0.2, 0.25) is 5.91 Å². The van der Waals surface area contributed by atoms with Crippen LogP contribution < -0.4 is 5.32 Å². The molecule has 1 aliphatic rings. The molecule has 0 saturated carbocycles. The van der Waals surface area contributed by atoms with E-state index in [2.05, 4.69) is 31.3 Å². The molecule has 0 radical (unpaired) electrons. The summed E-state index contributed by atoms with van der Waals surface area (Å²) in [5.74, 6) is -0.831. The number of piperazine rings is 1. The predicted octanol–water partition coefficient (Wildman–Crippen LogP) is 2.88. The molecule has 0 atom stereocenters. The first-order valence-electron chi connectivity index (χ1n) is 9.22. The minimum absolute atomic E-state index is 0.0115. The van der Waals surface area contributed by atoms with E-state index in [0.717, 1.165) is 0 Å². The van der Waals surface area contributed by atoms with Gasteiger partial charge in [0.1, 0.15) is 5.83 Å². The molecule has 29 heavy (non-hydrogen) atoms. The largest absolute Gasteiger partial charge is 0.353 e. The number of hydrogen-bond acceptors (Lipinski definition) is 4. The van der Waals surface area contributed by atoms with Gasteiger partial charge in [-0.1, -0.05) is 28.9 Å². The molecule has 3 heterocycles. The Kier molecular flexibility index (Phi) is 6.92. The average Bonchev–Trinajstić information content (AvgIpc) is 3.18. The van der Waals surface area contributed by atoms with Crippen molar-refractivity contribution in [3.05, 3.63) is 60.0 Å². The van der Waals surface area contributed by atoms with Crippen molar-refractivity contribution >= 4 is 33.3 Å². The van der Waals surface area contributed by atoms with Crippen LogP contribution in [0.5, 0.6) is 0 Å². The van der Waals surface area contributed by atoms with Crippen LogP contribution in [0, 0.1) is 0 Å². The lowest BCUT2D eigenvalue weighted by Gasteiger charge is -2.25. The first kappa shape index (κ1) is 20.9. The van der Waals surface area contributed by atoms with Crippen LogP contribution in [0.4, 0.5) is 4.39 Å². The molecule has 0 spiro atoms. The smallest absolute Gasteiger partial charge is 0.274 e. The fourth-order valence-electron chi connectivity index (χ4n) is 2.93. The fraction of sp³-hybridized carbons (Fsp3) is 0.300. The van der Waals surface area contributed by atoms with Gasteiger partial charge in [-0.2, -0.15) is 5.10 Å². The highest BCUT2D eigenvalue weighted by atomic mass is 79.9. The fourth-order valence-corrected chi connectivity index (χ4v) is 3.28. The van der Waals surface area contributed by atoms with Gasteiger partial charge in [-0.15, -0.1) is 0 Å². The number of carbonyl (C=O) groups excluding carboxylic acids is 2. The molecule has 2 aromatic rings. The van der Waals surface area contributed by atoms with Crippen molar-refractivity contribution in [3.8, 4) is 5.69 Å². The summed E-state index contributed by atoms with van der Waals surface area (Å²) >= 11 is 3.36. The van der Waals surface area contributed by atoms with E-state index in [4.69, 9.17) is 0 Å². The number of rotatable bonds is 6. The maximum atomic E-state index is 14.1. The molecule has 1 N–H and O–H groups in total. The lowest BCUT2D eigenvalue weighted by atomic mass is 10.1. The summed E-state index contributed by atoms with van der Waals surface area (Å²) in [6, 6.07) is 5.18. The summed E-state index contributed by atoms with van der Waals surface area (Å²) in [6.45, 7) is 2.53. The molecule has 152 valence electrons. The minimum atomic E-state index is -0.345. The Morgan fingerprint density at radius 3 is 2.93 bits per heavy atom. The van der Waals surface area contributed by atoms with Crippen LogP contribution >= 0.6 is 15.9 Å². The number of pyridine rings is 1. The van der Waals surface area contributed by atoms with Crippen molar-refractivity contribution in [1.29, 1.82) is 0 Å². The maximum Gasteiger partial charge on any atom is 0.274 e. The number of aromatic nitrogens is 3. The van der Waals surface area contributed by atoms with Crippen molar-refractivity contribution in [3.63, 3.8) is 0 Å². The second-order valence-electron chi connectivity index (χ2n) is 6.37. The van der Waals surface area contributed by atoms with Gasteiger partial charge in [0.05, 0.1) is 24.1 Å². The van der Waals surface area contributed by atoms with Crippen molar-refractivity contribution in [2.45, 2.75) is 13.3 Å². The van der Waals surface area contributed by atoms with Crippen molar-refractivity contribution < 1.29 is 14.0 Å². The number of carbonyl (C=O) groups is 2. The molecule has 0 aliphatic carbocycles. The molecule has 9 heteroatoms. The van der Waals surface area contributed by atoms with E-state index in [1.165, 1.54) is 11.0 Å². The molecule has 3 rings (SSSR count). The van der Waals surface area contributed by atoms with E-state index in [1.54, 1.807) is 42.2 Å². The summed E-state index contributed by atoms with van der Waals surface area (Å²) in [7, 11) is 0. The minimum Gasteiger partial charge on any atom is -0.353 e. The highest BCUT2D eigenvalue weighted by molar-refractivity contribution is 9.09. The van der Waals surface area contributed by atoms with Crippen molar-refractivity contribution in [1.82, 2.24) is 25.0 Å². The Morgan fingerprint density at radius 1 is 1.45 bits per heavy atom. The van der Waals surface area contributed by atoms with Crippen LogP contribution in [0.25, 0.3) is 11.3 Å². The second kappa shape index (κ2) is 9.60. The number of hydrogen-bond donors (Lipinski definition) is 1. The van der Waals surface area contributed by atoms with Crippen LogP contribution in [0.2, 0.25) is 0 Å². The average molecular weight is 462 g/mol. The van der Waals surface area contributed by atoms with Gasteiger partial charge in [-0.3, -0.25) is 14.6 Å². The number of alkyl halides is 1. The molecule has 0 bridgehead atoms. The Morgan fingerprint density at radius 2 is 2.28 bits per heavy atom. The molecular weight excluding hydrogens is 441 g/mol. The molecular formula is C20H21BrFN5O2. The normalized spacial score (nSPS) is 15.4. The third kappa shape index (κ3) is 4.97. The second-order valence-corrected chi connectivity index (χ2v) is 7.02. The van der Waals surface area contributed by atoms with E-state index in [1.807, 2.05) is 6.08 Å². The lowest BCUT2D eigenvalue weighted by molar-refractivity contribution is -0.123. The van der Waals surface area contributed by atoms with Gasteiger partial charge < -0.3 is 10.2 Å². The Labute approximate surface area is 176 Å². The van der Waals surface area contributed by atoms with Gasteiger partial charge in [0, 0.05) is 24.6 Å². The van der Waals surface area contributed by atoms with Crippen LogP contribution in [-0.2, 0) is 4.79 Å². The van der Waals surface area contributed by atoms with Crippen LogP contribution in [0.15, 0.2) is 48.6 Å². The predicted molar refractivity (Wildman–Crippen MR) is 112 cm³/mol. The zero-order valence-electron chi connectivity index (χ0n) is 15.9. The van der Waals surface area contributed by atoms with E-state index < -0.39 is 0 Å². The number of nitrogens with zero attached hydrogens (tertiary/aromatic N) is 4. The Balaban J connectivity index is 2.07. The highest BCUT2D eigenvalue weighted by Gasteiger charge is 2.26. The van der Waals surface area contributed by atoms with E-state index in [-0.39, 0.29) is 36.3 Å². The Hall–Kier alpha value is -2.81. The molecule has 0 aromatic carbocycles. The van der Waals surface area contributed by atoms with Gasteiger partial charge in [-0.25, -0.2) is 9.07 Å². The molecule has 0 unspecified atom stereocenters. The zero-order valence-corrected chi connectivity index (χ0v) is 17.5. The summed E-state index contributed by atoms with van der Waals surface area (Å²) < 4.78 is 15.6.